The van der Waals surface area contributed by atoms with Crippen LogP contribution < -0.4 is 0 Å². The number of hydrogen-bond acceptors (Lipinski definition) is 17. The highest BCUT2D eigenvalue weighted by atomic mass is 16.9. The van der Waals surface area contributed by atoms with E-state index in [-0.39, 0.29) is 31.8 Å². The Morgan fingerprint density at radius 2 is 1.54 bits per heavy atom. The summed E-state index contributed by atoms with van der Waals surface area (Å²) in [6.45, 7) is 9.92. The van der Waals surface area contributed by atoms with Crippen LogP contribution in [-0.4, -0.2) is 163 Å². The van der Waals surface area contributed by atoms with Crippen LogP contribution in [0.2, 0.25) is 0 Å². The number of likely N-dealkylation sites (N-methyl/N-ethyl adjacent to an activating group) is 1. The first-order valence-corrected chi connectivity index (χ1v) is 19.7. The Morgan fingerprint density at radius 1 is 0.912 bits per heavy atom. The van der Waals surface area contributed by atoms with E-state index in [1.807, 2.05) is 13.0 Å². The maximum absolute atomic E-state index is 13.6. The molecule has 0 spiro atoms. The van der Waals surface area contributed by atoms with Crippen molar-refractivity contribution in [2.24, 2.45) is 23.7 Å². The second kappa shape index (κ2) is 22.7. The Hall–Kier alpha value is -2.62. The summed E-state index contributed by atoms with van der Waals surface area (Å²) in [6, 6.07) is -0.789. The molecule has 0 unspecified atom stereocenters. The van der Waals surface area contributed by atoms with Gasteiger partial charge < -0.3 is 63.3 Å². The first-order chi connectivity index (χ1) is 26.8. The highest BCUT2D eigenvalue weighted by Crippen LogP contribution is 2.35. The molecule has 18 heteroatoms. The lowest BCUT2D eigenvalue weighted by Crippen LogP contribution is -2.63. The van der Waals surface area contributed by atoms with E-state index in [2.05, 4.69) is 4.84 Å². The van der Waals surface area contributed by atoms with E-state index < -0.39 is 121 Å². The van der Waals surface area contributed by atoms with Crippen LogP contribution in [0.1, 0.15) is 67.2 Å². The van der Waals surface area contributed by atoms with Crippen LogP contribution in [0.5, 0.6) is 0 Å². The summed E-state index contributed by atoms with van der Waals surface area (Å²) >= 11 is 0. The molecule has 2 fully saturated rings. The van der Waals surface area contributed by atoms with Crippen LogP contribution >= 0.6 is 0 Å². The number of methoxy groups -OCH3 is 2. The number of carbonyl (C=O) groups is 2. The number of ketones is 1. The average molecular weight is 819 g/mol. The van der Waals surface area contributed by atoms with Crippen molar-refractivity contribution >= 4 is 11.8 Å². The van der Waals surface area contributed by atoms with E-state index in [1.165, 1.54) is 20.3 Å². The minimum Gasteiger partial charge on any atom is -0.462 e. The van der Waals surface area contributed by atoms with Crippen molar-refractivity contribution in [3.8, 4) is 0 Å². The Morgan fingerprint density at radius 3 is 2.14 bits per heavy atom. The van der Waals surface area contributed by atoms with Crippen molar-refractivity contribution < 1.29 is 73.1 Å². The maximum Gasteiger partial charge on any atom is 0.308 e. The van der Waals surface area contributed by atoms with Gasteiger partial charge in [0.2, 0.25) is 0 Å². The van der Waals surface area contributed by atoms with Gasteiger partial charge in [0.05, 0.1) is 56.2 Å². The third-order valence-corrected chi connectivity index (χ3v) is 11.4. The summed E-state index contributed by atoms with van der Waals surface area (Å²) < 4.78 is 41.7. The summed E-state index contributed by atoms with van der Waals surface area (Å²) in [6.07, 6.45) is -6.78. The van der Waals surface area contributed by atoms with E-state index in [4.69, 9.17) is 33.2 Å². The van der Waals surface area contributed by atoms with Gasteiger partial charge in [0, 0.05) is 32.0 Å². The predicted octanol–water partition coefficient (Wildman–Crippen LogP) is 1.57. The van der Waals surface area contributed by atoms with Crippen molar-refractivity contribution in [3.63, 3.8) is 0 Å². The second-order valence-corrected chi connectivity index (χ2v) is 15.8. The molecule has 0 aliphatic carbocycles. The molecule has 18 nitrogen and oxygen atoms in total. The van der Waals surface area contributed by atoms with E-state index >= 15 is 0 Å². The van der Waals surface area contributed by atoms with Gasteiger partial charge in [-0.3, -0.25) is 9.59 Å². The minimum absolute atomic E-state index is 0.0152. The van der Waals surface area contributed by atoms with Crippen molar-refractivity contribution in [2.45, 2.75) is 147 Å². The fourth-order valence-corrected chi connectivity index (χ4v) is 7.97. The largest absolute Gasteiger partial charge is 0.462 e. The number of aliphatic hydroxyl groups excluding tert-OH is 4. The number of nitrogens with zero attached hydrogens (tertiary/aromatic N) is 2. The van der Waals surface area contributed by atoms with Gasteiger partial charge in [0.15, 0.2) is 18.4 Å². The van der Waals surface area contributed by atoms with E-state index in [9.17, 15) is 40.1 Å². The molecule has 0 amide bonds. The molecule has 0 saturated carbocycles. The Balaban J connectivity index is 2.00. The summed E-state index contributed by atoms with van der Waals surface area (Å²) in [7, 11) is 6.29. The first-order valence-electron chi connectivity index (χ1n) is 19.7. The molecule has 4 N–H and O–H groups in total. The Labute approximate surface area is 335 Å². The minimum atomic E-state index is -1.38. The third kappa shape index (κ3) is 13.2. The number of allylic oxidation sites excluding steroid dienone is 3. The number of carbonyl (C=O) groups excluding carboxylic acids is 2. The number of esters is 1. The van der Waals surface area contributed by atoms with Crippen LogP contribution in [0.3, 0.4) is 0 Å². The van der Waals surface area contributed by atoms with E-state index in [1.54, 1.807) is 59.7 Å². The first kappa shape index (κ1) is 48.7. The Bertz CT molecular complexity index is 1350. The molecule has 3 rings (SSSR count). The molecule has 57 heavy (non-hydrogen) atoms. The van der Waals surface area contributed by atoms with E-state index in [0.717, 1.165) is 0 Å². The predicted molar refractivity (Wildman–Crippen MR) is 203 cm³/mol. The molecule has 3 aliphatic heterocycles. The van der Waals surface area contributed by atoms with Crippen molar-refractivity contribution in [3.05, 3.63) is 33.9 Å². The zero-order chi connectivity index (χ0) is 42.7. The van der Waals surface area contributed by atoms with Gasteiger partial charge in [-0.2, -0.15) is 0 Å². The second-order valence-electron chi connectivity index (χ2n) is 15.8. The Kier molecular flexibility index (Phi) is 19.4. The fraction of sp³-hybridized carbons (Fsp3) is 0.846. The third-order valence-electron chi connectivity index (χ3n) is 11.4. The van der Waals surface area contributed by atoms with Crippen LogP contribution in [-0.2, 0) is 47.6 Å². The fourth-order valence-electron chi connectivity index (χ4n) is 7.97. The number of aliphatic hydroxyl groups is 4. The average Bonchev–Trinajstić information content (AvgIpc) is 3.15. The molecule has 0 bridgehead atoms. The van der Waals surface area contributed by atoms with Crippen LogP contribution in [0.15, 0.2) is 23.8 Å². The summed E-state index contributed by atoms with van der Waals surface area (Å²) in [5.41, 5.74) is 0.665. The molecule has 0 radical (unpaired) electrons. The molecular weight excluding hydrogens is 752 g/mol. The zero-order valence-electron chi connectivity index (χ0n) is 34.9. The van der Waals surface area contributed by atoms with Crippen LogP contribution in [0.4, 0.5) is 0 Å². The lowest BCUT2D eigenvalue weighted by Gasteiger charge is -2.46. The van der Waals surface area contributed by atoms with Crippen LogP contribution in [0, 0.1) is 33.8 Å². The SMILES string of the molecule is CC[C@H]1OC(=O)C[C@@H](O)[C@H](C)[C@@H](O[C@@H]2O[C@H](C)[C@@H](O)[C@H](N(C)C)[C@H]2O)[C@@H](CCO[N+](=O)[O-])C[C@@H](C)C(=O)/C=C/C(C)=C/[C@@H]1CO[C@@H]1O[C@H](C)[C@@H](O)[C@@H](OC)[C@H]1OC. The molecule has 328 valence electrons. The smallest absolute Gasteiger partial charge is 0.308 e. The number of cyclic esters (lactones) is 1. The molecule has 3 aliphatic rings. The zero-order valence-corrected chi connectivity index (χ0v) is 34.9. The highest BCUT2D eigenvalue weighted by molar-refractivity contribution is 5.91. The quantitative estimate of drug-likeness (QED) is 0.117. The maximum atomic E-state index is 13.6. The molecule has 0 aromatic carbocycles. The summed E-state index contributed by atoms with van der Waals surface area (Å²) in [5.74, 6) is -3.71. The van der Waals surface area contributed by atoms with Gasteiger partial charge in [-0.05, 0) is 66.1 Å². The van der Waals surface area contributed by atoms with Gasteiger partial charge in [0.25, 0.3) is 5.09 Å². The number of ether oxygens (including phenoxy) is 7. The molecule has 17 atom stereocenters. The van der Waals surface area contributed by atoms with Gasteiger partial charge in [-0.1, -0.05) is 38.5 Å². The summed E-state index contributed by atoms with van der Waals surface area (Å²) in [4.78, 5) is 44.7. The molecule has 3 heterocycles. The van der Waals surface area contributed by atoms with Crippen molar-refractivity contribution in [2.75, 3.05) is 41.5 Å². The standard InChI is InChI=1S/C39H66N2O16/c1-11-29-26(19-52-39-37(51-10)36(50-9)33(46)24(6)55-39)16-20(2)12-13-27(42)21(3)17-25(14-15-53-41(48)49)35(22(4)28(43)18-30(44)56-29)57-38-34(47)31(40(7)8)32(45)23(5)54-38/h12-13,16,21-26,28-29,31-39,43,45-47H,11,14-15,17-19H2,1-10H3/b13-12+,20-16+/t21-,22+,23-,24-,25+,26-,28-,29-,31+,32-,33-,34-,35-,36-,37-,38+,39-/m1/s1. The van der Waals surface area contributed by atoms with Crippen molar-refractivity contribution in [1.82, 2.24) is 4.90 Å². The van der Waals surface area contributed by atoms with E-state index in [0.29, 0.717) is 12.0 Å². The van der Waals surface area contributed by atoms with Crippen LogP contribution in [0.25, 0.3) is 0 Å². The van der Waals surface area contributed by atoms with Gasteiger partial charge >= 0.3 is 5.97 Å². The normalized spacial score (nSPS) is 41.9. The molecule has 0 aromatic rings. The number of hydrogen-bond donors (Lipinski definition) is 4. The highest BCUT2D eigenvalue weighted by Gasteiger charge is 2.48. The van der Waals surface area contributed by atoms with Gasteiger partial charge in [-0.15, -0.1) is 10.1 Å². The lowest BCUT2D eigenvalue weighted by atomic mass is 9.79. The number of rotatable bonds is 13. The molecule has 0 aromatic heterocycles. The lowest BCUT2D eigenvalue weighted by molar-refractivity contribution is -0.758. The monoisotopic (exact) mass is 818 g/mol. The topological polar surface area (TPSA) is 235 Å². The summed E-state index contributed by atoms with van der Waals surface area (Å²) in [5, 5.41) is 54.7. The van der Waals surface area contributed by atoms with Gasteiger partial charge in [-0.25, -0.2) is 0 Å². The molecular formula is C39H66N2O16. The molecule has 2 saturated heterocycles. The van der Waals surface area contributed by atoms with Crippen molar-refractivity contribution in [1.29, 1.82) is 0 Å². The van der Waals surface area contributed by atoms with Gasteiger partial charge in [0.1, 0.15) is 30.5 Å².